The number of carboxylic acids is 1. The van der Waals surface area contributed by atoms with Crippen molar-refractivity contribution in [2.45, 2.75) is 50.9 Å². The number of carboxylic acid groups (broad SMARTS) is 1. The average molecular weight is 305 g/mol. The molecule has 0 radical (unpaired) electrons. The number of aliphatic carboxylic acids is 1. The van der Waals surface area contributed by atoms with E-state index in [9.17, 15) is 4.79 Å². The number of anilines is 1. The molecule has 1 aliphatic rings. The van der Waals surface area contributed by atoms with E-state index in [0.717, 1.165) is 19.3 Å². The Morgan fingerprint density at radius 3 is 3.05 bits per heavy atom. The largest absolute Gasteiger partial charge is 0.479 e. The van der Waals surface area contributed by atoms with E-state index >= 15 is 0 Å². The summed E-state index contributed by atoms with van der Waals surface area (Å²) in [5.41, 5.74) is 7.11. The second kappa shape index (κ2) is 5.88. The van der Waals surface area contributed by atoms with E-state index in [1.54, 1.807) is 6.33 Å². The third-order valence-electron chi connectivity index (χ3n) is 4.14. The van der Waals surface area contributed by atoms with Crippen molar-refractivity contribution in [2.24, 2.45) is 0 Å². The van der Waals surface area contributed by atoms with E-state index in [1.165, 1.54) is 6.33 Å². The molecule has 1 saturated carbocycles. The monoisotopic (exact) mass is 305 g/mol. The second-order valence-corrected chi connectivity index (χ2v) is 5.54. The van der Waals surface area contributed by atoms with Crippen molar-refractivity contribution >= 4 is 23.0 Å². The fourth-order valence-electron chi connectivity index (χ4n) is 2.99. The Labute approximate surface area is 127 Å². The third kappa shape index (κ3) is 2.61. The highest BCUT2D eigenvalue weighted by Crippen LogP contribution is 2.34. The van der Waals surface area contributed by atoms with Crippen molar-refractivity contribution < 1.29 is 14.6 Å². The van der Waals surface area contributed by atoms with Crippen LogP contribution in [0.15, 0.2) is 12.7 Å². The van der Waals surface area contributed by atoms with Crippen LogP contribution >= 0.6 is 0 Å². The number of hydrogen-bond acceptors (Lipinski definition) is 6. The van der Waals surface area contributed by atoms with Gasteiger partial charge in [0.05, 0.1) is 12.4 Å². The van der Waals surface area contributed by atoms with Crippen molar-refractivity contribution in [3.05, 3.63) is 12.7 Å². The molecular formula is C14H19N5O3. The van der Waals surface area contributed by atoms with Gasteiger partial charge in [0.25, 0.3) is 0 Å². The predicted octanol–water partition coefficient (Wildman–Crippen LogP) is 1.38. The number of rotatable bonds is 5. The van der Waals surface area contributed by atoms with Gasteiger partial charge in [0.1, 0.15) is 11.8 Å². The van der Waals surface area contributed by atoms with Crippen LogP contribution in [0, 0.1) is 0 Å². The fourth-order valence-corrected chi connectivity index (χ4v) is 2.99. The van der Waals surface area contributed by atoms with E-state index in [2.05, 4.69) is 15.0 Å². The number of nitrogens with zero attached hydrogens (tertiary/aromatic N) is 4. The van der Waals surface area contributed by atoms with E-state index in [1.807, 2.05) is 11.5 Å². The zero-order valence-corrected chi connectivity index (χ0v) is 12.3. The molecule has 1 fully saturated rings. The molecule has 2 heterocycles. The summed E-state index contributed by atoms with van der Waals surface area (Å²) in [6.45, 7) is 1.81. The highest BCUT2D eigenvalue weighted by Gasteiger charge is 2.31. The molecular weight excluding hydrogens is 286 g/mol. The number of imidazole rings is 1. The SMILES string of the molecule is CCC(O[C@H]1CC[C@H](n2cnc3c(N)ncnc32)C1)C(=O)O. The minimum atomic E-state index is -0.903. The van der Waals surface area contributed by atoms with Crippen LogP contribution in [0.25, 0.3) is 11.2 Å². The van der Waals surface area contributed by atoms with Crippen LogP contribution in [-0.2, 0) is 9.53 Å². The first kappa shape index (κ1) is 14.7. The summed E-state index contributed by atoms with van der Waals surface area (Å²) in [6.07, 6.45) is 5.30. The van der Waals surface area contributed by atoms with Gasteiger partial charge >= 0.3 is 5.97 Å². The van der Waals surface area contributed by atoms with Crippen LogP contribution < -0.4 is 5.73 Å². The first-order chi connectivity index (χ1) is 10.6. The Kier molecular flexibility index (Phi) is 3.93. The van der Waals surface area contributed by atoms with Crippen LogP contribution in [0.1, 0.15) is 38.6 Å². The standard InChI is InChI=1S/C14H19N5O3/c1-2-10(14(20)21)22-9-4-3-8(5-9)19-7-18-11-12(15)16-6-17-13(11)19/h6-10H,2-5H2,1H3,(H,20,21)(H2,15,16,17)/t8-,9-,10?/m0/s1. The average Bonchev–Trinajstić information content (AvgIpc) is 3.11. The topological polar surface area (TPSA) is 116 Å². The molecule has 8 heteroatoms. The molecule has 0 amide bonds. The first-order valence-corrected chi connectivity index (χ1v) is 7.41. The molecule has 22 heavy (non-hydrogen) atoms. The Morgan fingerprint density at radius 2 is 2.32 bits per heavy atom. The predicted molar refractivity (Wildman–Crippen MR) is 79.2 cm³/mol. The van der Waals surface area contributed by atoms with E-state index in [4.69, 9.17) is 15.6 Å². The van der Waals surface area contributed by atoms with E-state index in [-0.39, 0.29) is 12.1 Å². The number of nitrogens with two attached hydrogens (primary N) is 1. The molecule has 118 valence electrons. The maximum Gasteiger partial charge on any atom is 0.332 e. The minimum Gasteiger partial charge on any atom is -0.479 e. The summed E-state index contributed by atoms with van der Waals surface area (Å²) in [5, 5.41) is 9.08. The van der Waals surface area contributed by atoms with Gasteiger partial charge in [-0.2, -0.15) is 0 Å². The molecule has 0 spiro atoms. The van der Waals surface area contributed by atoms with Gasteiger partial charge in [-0.15, -0.1) is 0 Å². The minimum absolute atomic E-state index is 0.0531. The summed E-state index contributed by atoms with van der Waals surface area (Å²) in [7, 11) is 0. The lowest BCUT2D eigenvalue weighted by atomic mass is 10.2. The van der Waals surface area contributed by atoms with Crippen molar-refractivity contribution in [1.29, 1.82) is 0 Å². The molecule has 0 aromatic carbocycles. The molecule has 8 nitrogen and oxygen atoms in total. The Morgan fingerprint density at radius 1 is 1.50 bits per heavy atom. The lowest BCUT2D eigenvalue weighted by molar-refractivity contribution is -0.154. The zero-order chi connectivity index (χ0) is 15.7. The van der Waals surface area contributed by atoms with Gasteiger partial charge in [-0.1, -0.05) is 6.92 Å². The number of fused-ring (bicyclic) bond motifs is 1. The van der Waals surface area contributed by atoms with Gasteiger partial charge in [0.2, 0.25) is 0 Å². The lowest BCUT2D eigenvalue weighted by Crippen LogP contribution is -2.27. The lowest BCUT2D eigenvalue weighted by Gasteiger charge is -2.18. The van der Waals surface area contributed by atoms with E-state index in [0.29, 0.717) is 23.4 Å². The highest BCUT2D eigenvalue weighted by molar-refractivity contribution is 5.81. The van der Waals surface area contributed by atoms with Crippen LogP contribution in [0.5, 0.6) is 0 Å². The molecule has 1 aliphatic carbocycles. The summed E-state index contributed by atoms with van der Waals surface area (Å²) in [4.78, 5) is 23.5. The number of aromatic nitrogens is 4. The molecule has 3 rings (SSSR count). The van der Waals surface area contributed by atoms with Crippen molar-refractivity contribution in [3.63, 3.8) is 0 Å². The Bertz CT molecular complexity index is 686. The smallest absolute Gasteiger partial charge is 0.332 e. The number of carbonyl (C=O) groups is 1. The fraction of sp³-hybridized carbons (Fsp3) is 0.571. The van der Waals surface area contributed by atoms with Crippen molar-refractivity contribution in [1.82, 2.24) is 19.5 Å². The summed E-state index contributed by atoms with van der Waals surface area (Å²) in [6, 6.07) is 0.190. The Balaban J connectivity index is 1.74. The normalized spacial score (nSPS) is 23.0. The molecule has 3 N–H and O–H groups in total. The van der Waals surface area contributed by atoms with Gasteiger partial charge in [0, 0.05) is 6.04 Å². The van der Waals surface area contributed by atoms with Crippen LogP contribution in [0.3, 0.4) is 0 Å². The molecule has 1 unspecified atom stereocenters. The Hall–Kier alpha value is -2.22. The summed E-state index contributed by atoms with van der Waals surface area (Å²) < 4.78 is 7.68. The molecule has 0 saturated heterocycles. The van der Waals surface area contributed by atoms with Gasteiger partial charge in [-0.3, -0.25) is 0 Å². The quantitative estimate of drug-likeness (QED) is 0.857. The maximum absolute atomic E-state index is 11.1. The number of ether oxygens (including phenoxy) is 1. The van der Waals surface area contributed by atoms with Gasteiger partial charge in [0.15, 0.2) is 17.6 Å². The summed E-state index contributed by atoms with van der Waals surface area (Å²) in [5.74, 6) is -0.536. The molecule has 0 bridgehead atoms. The summed E-state index contributed by atoms with van der Waals surface area (Å²) >= 11 is 0. The molecule has 2 aromatic rings. The van der Waals surface area contributed by atoms with Gasteiger partial charge < -0.3 is 20.1 Å². The number of nitrogen functional groups attached to an aromatic ring is 1. The van der Waals surface area contributed by atoms with Gasteiger partial charge in [-0.05, 0) is 25.7 Å². The molecule has 3 atom stereocenters. The van der Waals surface area contributed by atoms with Crippen molar-refractivity contribution in [2.75, 3.05) is 5.73 Å². The number of hydrogen-bond donors (Lipinski definition) is 2. The first-order valence-electron chi connectivity index (χ1n) is 7.41. The van der Waals surface area contributed by atoms with Crippen LogP contribution in [-0.4, -0.2) is 42.8 Å². The van der Waals surface area contributed by atoms with E-state index < -0.39 is 12.1 Å². The van der Waals surface area contributed by atoms with Crippen LogP contribution in [0.2, 0.25) is 0 Å². The molecule has 0 aliphatic heterocycles. The zero-order valence-electron chi connectivity index (χ0n) is 12.3. The van der Waals surface area contributed by atoms with Crippen LogP contribution in [0.4, 0.5) is 5.82 Å². The van der Waals surface area contributed by atoms with Gasteiger partial charge in [-0.25, -0.2) is 19.7 Å². The maximum atomic E-state index is 11.1. The molecule has 2 aromatic heterocycles. The highest BCUT2D eigenvalue weighted by atomic mass is 16.5. The second-order valence-electron chi connectivity index (χ2n) is 5.54. The third-order valence-corrected chi connectivity index (χ3v) is 4.14. The van der Waals surface area contributed by atoms with Crippen molar-refractivity contribution in [3.8, 4) is 0 Å².